The van der Waals surface area contributed by atoms with Gasteiger partial charge in [0.1, 0.15) is 0 Å². The average molecular weight is 398 g/mol. The van der Waals surface area contributed by atoms with Gasteiger partial charge < -0.3 is 25.0 Å². The topological polar surface area (TPSA) is 58.1 Å². The zero-order valence-electron chi connectivity index (χ0n) is 17.0. The predicted molar refractivity (Wildman–Crippen MR) is 107 cm³/mol. The highest BCUT2D eigenvalue weighted by atomic mass is 19.3. The quantitative estimate of drug-likeness (QED) is 0.495. The number of rotatable bonds is 9. The van der Waals surface area contributed by atoms with Crippen molar-refractivity contribution in [3.63, 3.8) is 0 Å². The van der Waals surface area contributed by atoms with E-state index >= 15 is 0 Å². The first kappa shape index (κ1) is 22.2. The third-order valence-corrected chi connectivity index (χ3v) is 4.83. The molecule has 1 aliphatic heterocycles. The maximum atomic E-state index is 12.8. The first-order valence-corrected chi connectivity index (χ1v) is 9.89. The highest BCUT2D eigenvalue weighted by molar-refractivity contribution is 5.79. The minimum atomic E-state index is -2.91. The van der Waals surface area contributed by atoms with Crippen LogP contribution in [0.3, 0.4) is 0 Å². The van der Waals surface area contributed by atoms with Crippen molar-refractivity contribution in [2.24, 2.45) is 10.9 Å². The maximum Gasteiger partial charge on any atom is 0.387 e. The second kappa shape index (κ2) is 11.7. The second-order valence-corrected chi connectivity index (χ2v) is 6.93. The van der Waals surface area contributed by atoms with Crippen LogP contribution in [0.2, 0.25) is 0 Å². The first-order chi connectivity index (χ1) is 13.5. The van der Waals surface area contributed by atoms with Crippen LogP contribution in [0.1, 0.15) is 32.3 Å². The summed E-state index contributed by atoms with van der Waals surface area (Å²) in [5, 5.41) is 6.43. The Morgan fingerprint density at radius 1 is 1.29 bits per heavy atom. The van der Waals surface area contributed by atoms with E-state index in [9.17, 15) is 8.78 Å². The molecule has 8 heteroatoms. The molecule has 1 aliphatic rings. The standard InChI is InChI=1S/C20H32F2N4O2/c1-4-27-17-7-5-6-16(18(17)28-19(21)22)14-25-20(23-3)24-10-13-26-11-8-15(2)9-12-26/h5-7,15,19H,4,8-14H2,1-3H3,(H2,23,24,25). The van der Waals surface area contributed by atoms with Gasteiger partial charge in [-0.2, -0.15) is 8.78 Å². The molecule has 1 heterocycles. The Labute approximate surface area is 166 Å². The fraction of sp³-hybridized carbons (Fsp3) is 0.650. The van der Waals surface area contributed by atoms with Crippen LogP contribution in [0.15, 0.2) is 23.2 Å². The van der Waals surface area contributed by atoms with Crippen molar-refractivity contribution in [1.29, 1.82) is 0 Å². The van der Waals surface area contributed by atoms with Gasteiger partial charge in [-0.05, 0) is 44.8 Å². The lowest BCUT2D eigenvalue weighted by Crippen LogP contribution is -2.43. The van der Waals surface area contributed by atoms with E-state index in [1.807, 2.05) is 0 Å². The predicted octanol–water partition coefficient (Wildman–Crippen LogP) is 3.08. The van der Waals surface area contributed by atoms with Gasteiger partial charge in [-0.1, -0.05) is 19.1 Å². The number of likely N-dealkylation sites (tertiary alicyclic amines) is 1. The summed E-state index contributed by atoms with van der Waals surface area (Å²) >= 11 is 0. The van der Waals surface area contributed by atoms with Crippen LogP contribution in [0.5, 0.6) is 11.5 Å². The Morgan fingerprint density at radius 2 is 2.04 bits per heavy atom. The number of para-hydroxylation sites is 1. The Bertz CT molecular complexity index is 620. The van der Waals surface area contributed by atoms with Gasteiger partial charge in [0.25, 0.3) is 0 Å². The lowest BCUT2D eigenvalue weighted by Gasteiger charge is -2.30. The zero-order valence-corrected chi connectivity index (χ0v) is 17.0. The lowest BCUT2D eigenvalue weighted by atomic mass is 9.99. The summed E-state index contributed by atoms with van der Waals surface area (Å²) < 4.78 is 35.7. The maximum absolute atomic E-state index is 12.8. The zero-order chi connectivity index (χ0) is 20.4. The lowest BCUT2D eigenvalue weighted by molar-refractivity contribution is -0.0520. The van der Waals surface area contributed by atoms with E-state index in [-0.39, 0.29) is 5.75 Å². The van der Waals surface area contributed by atoms with E-state index in [4.69, 9.17) is 9.47 Å². The molecule has 0 radical (unpaired) electrons. The monoisotopic (exact) mass is 398 g/mol. The van der Waals surface area contributed by atoms with E-state index in [0.717, 1.165) is 32.1 Å². The number of benzene rings is 1. The van der Waals surface area contributed by atoms with Crippen LogP contribution in [0.25, 0.3) is 0 Å². The van der Waals surface area contributed by atoms with E-state index < -0.39 is 6.61 Å². The number of hydrogen-bond acceptors (Lipinski definition) is 4. The Morgan fingerprint density at radius 3 is 2.68 bits per heavy atom. The van der Waals surface area contributed by atoms with E-state index in [2.05, 4.69) is 27.4 Å². The molecule has 158 valence electrons. The highest BCUT2D eigenvalue weighted by Gasteiger charge is 2.17. The molecule has 1 aromatic rings. The van der Waals surface area contributed by atoms with Gasteiger partial charge >= 0.3 is 6.61 Å². The number of nitrogens with one attached hydrogen (secondary N) is 2. The molecule has 0 atom stereocenters. The number of nitrogens with zero attached hydrogens (tertiary/aromatic N) is 2. The molecule has 0 aliphatic carbocycles. The van der Waals surface area contributed by atoms with E-state index in [1.54, 1.807) is 32.2 Å². The summed E-state index contributed by atoms with van der Waals surface area (Å²) in [6.07, 6.45) is 2.49. The second-order valence-electron chi connectivity index (χ2n) is 6.93. The number of halogens is 2. The highest BCUT2D eigenvalue weighted by Crippen LogP contribution is 2.32. The number of hydrogen-bond donors (Lipinski definition) is 2. The van der Waals surface area contributed by atoms with E-state index in [1.165, 1.54) is 12.8 Å². The van der Waals surface area contributed by atoms with Gasteiger partial charge in [-0.25, -0.2) is 0 Å². The van der Waals surface area contributed by atoms with Gasteiger partial charge in [-0.15, -0.1) is 0 Å². The summed E-state index contributed by atoms with van der Waals surface area (Å²) in [5.74, 6) is 1.81. The molecule has 0 unspecified atom stereocenters. The van der Waals surface area contributed by atoms with Crippen molar-refractivity contribution in [2.75, 3.05) is 39.8 Å². The molecule has 2 rings (SSSR count). The smallest absolute Gasteiger partial charge is 0.387 e. The SMILES string of the molecule is CCOc1cccc(CNC(=NC)NCCN2CCC(C)CC2)c1OC(F)F. The minimum Gasteiger partial charge on any atom is -0.490 e. The molecule has 2 N–H and O–H groups in total. The van der Waals surface area contributed by atoms with Gasteiger partial charge in [0, 0.05) is 32.2 Å². The molecule has 0 aromatic heterocycles. The number of piperidine rings is 1. The number of ether oxygens (including phenoxy) is 2. The summed E-state index contributed by atoms with van der Waals surface area (Å²) in [7, 11) is 1.69. The molecule has 1 fully saturated rings. The van der Waals surface area contributed by atoms with E-state index in [0.29, 0.717) is 30.4 Å². The fourth-order valence-corrected chi connectivity index (χ4v) is 3.21. The number of guanidine groups is 1. The van der Waals surface area contributed by atoms with Crippen molar-refractivity contribution >= 4 is 5.96 Å². The van der Waals surface area contributed by atoms with Gasteiger partial charge in [0.15, 0.2) is 17.5 Å². The van der Waals surface area contributed by atoms with Crippen LogP contribution in [-0.2, 0) is 6.54 Å². The summed E-state index contributed by atoms with van der Waals surface area (Å²) in [4.78, 5) is 6.65. The van der Waals surface area contributed by atoms with Gasteiger partial charge in [-0.3, -0.25) is 4.99 Å². The number of alkyl halides is 2. The molecule has 0 bridgehead atoms. The molecule has 6 nitrogen and oxygen atoms in total. The normalized spacial score (nSPS) is 16.3. The summed E-state index contributed by atoms with van der Waals surface area (Å²) in [6.45, 7) is 5.84. The Kier molecular flexibility index (Phi) is 9.27. The first-order valence-electron chi connectivity index (χ1n) is 9.89. The fourth-order valence-electron chi connectivity index (χ4n) is 3.21. The van der Waals surface area contributed by atoms with Gasteiger partial charge in [0.2, 0.25) is 0 Å². The molecular weight excluding hydrogens is 366 g/mol. The summed E-state index contributed by atoms with van der Waals surface area (Å²) in [6, 6.07) is 5.11. The van der Waals surface area contributed by atoms with Crippen molar-refractivity contribution in [3.8, 4) is 11.5 Å². The van der Waals surface area contributed by atoms with Crippen LogP contribution in [0, 0.1) is 5.92 Å². The molecule has 1 aromatic carbocycles. The molecule has 0 spiro atoms. The third-order valence-electron chi connectivity index (χ3n) is 4.83. The van der Waals surface area contributed by atoms with Crippen LogP contribution in [0.4, 0.5) is 8.78 Å². The summed E-state index contributed by atoms with van der Waals surface area (Å²) in [5.41, 5.74) is 0.583. The van der Waals surface area contributed by atoms with Crippen molar-refractivity contribution in [3.05, 3.63) is 23.8 Å². The molecule has 0 amide bonds. The van der Waals surface area contributed by atoms with Crippen molar-refractivity contribution in [1.82, 2.24) is 15.5 Å². The Hall–Kier alpha value is -2.09. The largest absolute Gasteiger partial charge is 0.490 e. The van der Waals surface area contributed by atoms with Crippen molar-refractivity contribution in [2.45, 2.75) is 39.8 Å². The average Bonchev–Trinajstić information content (AvgIpc) is 2.68. The molecular formula is C20H32F2N4O2. The Balaban J connectivity index is 1.87. The molecule has 28 heavy (non-hydrogen) atoms. The molecule has 1 saturated heterocycles. The van der Waals surface area contributed by atoms with Crippen LogP contribution >= 0.6 is 0 Å². The third kappa shape index (κ3) is 7.14. The molecule has 0 saturated carbocycles. The van der Waals surface area contributed by atoms with Crippen LogP contribution < -0.4 is 20.1 Å². The minimum absolute atomic E-state index is 0.0599. The van der Waals surface area contributed by atoms with Crippen molar-refractivity contribution < 1.29 is 18.3 Å². The van der Waals surface area contributed by atoms with Crippen LogP contribution in [-0.4, -0.2) is 57.3 Å². The number of aliphatic imine (C=N–C) groups is 1. The van der Waals surface area contributed by atoms with Gasteiger partial charge in [0.05, 0.1) is 6.61 Å².